The summed E-state index contributed by atoms with van der Waals surface area (Å²) in [5.41, 5.74) is 0.204. The first-order valence-corrected chi connectivity index (χ1v) is 13.0. The van der Waals surface area contributed by atoms with Crippen molar-refractivity contribution in [3.8, 4) is 5.75 Å². The minimum atomic E-state index is -1.43. The summed E-state index contributed by atoms with van der Waals surface area (Å²) < 4.78 is 21.8. The predicted octanol–water partition coefficient (Wildman–Crippen LogP) is 2.84. The number of halogens is 1. The predicted molar refractivity (Wildman–Crippen MR) is 139 cm³/mol. The summed E-state index contributed by atoms with van der Waals surface area (Å²) >= 11 is 5.85. The lowest BCUT2D eigenvalue weighted by Crippen LogP contribution is -2.47. The highest BCUT2D eigenvalue weighted by Crippen LogP contribution is 2.25. The molecule has 1 fully saturated rings. The minimum Gasteiger partial charge on any atom is -0.463 e. The van der Waals surface area contributed by atoms with Crippen LogP contribution in [0.4, 0.5) is 0 Å². The van der Waals surface area contributed by atoms with E-state index in [-0.39, 0.29) is 28.6 Å². The molecule has 1 aliphatic rings. The molecule has 0 spiro atoms. The number of aryl methyl sites for hydroxylation is 1. The van der Waals surface area contributed by atoms with Gasteiger partial charge in [0.1, 0.15) is 17.9 Å². The Balaban J connectivity index is 1.83. The molecule has 1 amide bonds. The number of ether oxygens (including phenoxy) is 4. The zero-order valence-electron chi connectivity index (χ0n) is 22.6. The number of aromatic nitrogens is 2. The van der Waals surface area contributed by atoms with Crippen molar-refractivity contribution in [2.75, 3.05) is 6.61 Å². The van der Waals surface area contributed by atoms with Crippen molar-refractivity contribution in [3.63, 3.8) is 0 Å². The highest BCUT2D eigenvalue weighted by atomic mass is 35.5. The van der Waals surface area contributed by atoms with Gasteiger partial charge in [0, 0.05) is 12.4 Å². The third-order valence-electron chi connectivity index (χ3n) is 6.08. The smallest absolute Gasteiger partial charge is 0.343 e. The zero-order chi connectivity index (χ0) is 29.6. The fourth-order valence-electron chi connectivity index (χ4n) is 3.82. The first kappa shape index (κ1) is 30.5. The van der Waals surface area contributed by atoms with Gasteiger partial charge in [-0.2, -0.15) is 0 Å². The van der Waals surface area contributed by atoms with Gasteiger partial charge in [0.2, 0.25) is 0 Å². The number of carbonyl (C=O) groups excluding carboxylic acids is 5. The third-order valence-corrected chi connectivity index (χ3v) is 6.29. The molecular weight excluding hydrogens is 546 g/mol. The van der Waals surface area contributed by atoms with Crippen LogP contribution in [0.25, 0.3) is 0 Å². The fraction of sp³-hybridized carbons (Fsp3) is 0.444. The molecule has 12 nitrogen and oxygen atoms in total. The molecule has 40 heavy (non-hydrogen) atoms. The Hall–Kier alpha value is -4.06. The van der Waals surface area contributed by atoms with Crippen molar-refractivity contribution < 1.29 is 42.9 Å². The maximum absolute atomic E-state index is 13.2. The molecule has 0 bridgehead atoms. The number of hydrogen-bond donors (Lipinski definition) is 1. The van der Waals surface area contributed by atoms with Gasteiger partial charge in [-0.3, -0.25) is 14.4 Å². The first-order valence-electron chi connectivity index (χ1n) is 12.6. The maximum Gasteiger partial charge on any atom is 0.343 e. The van der Waals surface area contributed by atoms with Crippen LogP contribution in [0.5, 0.6) is 5.75 Å². The number of amides is 1. The standard InChI is InChI=1S/C27H30ClN3O9/c1-6-17-22(40-24(33)13(2)3)15(5)38-27(36)18(12-37-26(17)35)31-23(32)20-21(14(4)7-9-30-20)39-25(34)16-8-10-29-19(28)11-16/h7-11,13,15,17-18,22H,6,12H2,1-5H3,(H,31,32). The van der Waals surface area contributed by atoms with Gasteiger partial charge in [0.15, 0.2) is 23.6 Å². The van der Waals surface area contributed by atoms with Gasteiger partial charge in [0.25, 0.3) is 5.91 Å². The molecule has 13 heteroatoms. The molecule has 1 N–H and O–H groups in total. The molecular formula is C27H30ClN3O9. The summed E-state index contributed by atoms with van der Waals surface area (Å²) in [7, 11) is 0. The Labute approximate surface area is 235 Å². The van der Waals surface area contributed by atoms with E-state index >= 15 is 0 Å². The van der Waals surface area contributed by atoms with Gasteiger partial charge in [-0.25, -0.2) is 19.6 Å². The van der Waals surface area contributed by atoms with Crippen molar-refractivity contribution in [3.05, 3.63) is 52.6 Å². The monoisotopic (exact) mass is 575 g/mol. The van der Waals surface area contributed by atoms with E-state index in [1.54, 1.807) is 27.7 Å². The molecule has 0 aliphatic carbocycles. The van der Waals surface area contributed by atoms with Gasteiger partial charge < -0.3 is 24.3 Å². The molecule has 0 saturated carbocycles. The minimum absolute atomic E-state index is 0.0735. The summed E-state index contributed by atoms with van der Waals surface area (Å²) in [6.45, 7) is 7.52. The van der Waals surface area contributed by atoms with Gasteiger partial charge >= 0.3 is 23.9 Å². The van der Waals surface area contributed by atoms with Crippen LogP contribution in [0.1, 0.15) is 60.5 Å². The normalized spacial score (nSPS) is 21.3. The van der Waals surface area contributed by atoms with Crippen molar-refractivity contribution in [2.45, 2.75) is 59.3 Å². The fourth-order valence-corrected chi connectivity index (χ4v) is 4.00. The van der Waals surface area contributed by atoms with Crippen LogP contribution in [0, 0.1) is 18.8 Å². The molecule has 1 saturated heterocycles. The summed E-state index contributed by atoms with van der Waals surface area (Å²) in [5, 5.41) is 2.51. The molecule has 1 aliphatic heterocycles. The van der Waals surface area contributed by atoms with E-state index in [0.29, 0.717) is 5.56 Å². The average molecular weight is 576 g/mol. The van der Waals surface area contributed by atoms with E-state index in [4.69, 9.17) is 30.5 Å². The van der Waals surface area contributed by atoms with Crippen LogP contribution < -0.4 is 10.1 Å². The zero-order valence-corrected chi connectivity index (χ0v) is 23.4. The van der Waals surface area contributed by atoms with E-state index in [2.05, 4.69) is 15.3 Å². The highest BCUT2D eigenvalue weighted by molar-refractivity contribution is 6.29. The van der Waals surface area contributed by atoms with Gasteiger partial charge in [-0.05, 0) is 44.0 Å². The van der Waals surface area contributed by atoms with E-state index in [9.17, 15) is 24.0 Å². The largest absolute Gasteiger partial charge is 0.463 e. The Morgan fingerprint density at radius 1 is 1.15 bits per heavy atom. The third kappa shape index (κ3) is 7.32. The lowest BCUT2D eigenvalue weighted by atomic mass is 9.95. The van der Waals surface area contributed by atoms with E-state index < -0.39 is 66.5 Å². The molecule has 3 heterocycles. The summed E-state index contributed by atoms with van der Waals surface area (Å²) in [5.74, 6) is -5.42. The number of cyclic esters (lactones) is 2. The number of nitrogens with one attached hydrogen (secondary N) is 1. The molecule has 0 aromatic carbocycles. The van der Waals surface area contributed by atoms with Crippen LogP contribution >= 0.6 is 11.6 Å². The van der Waals surface area contributed by atoms with Crippen LogP contribution in [0.15, 0.2) is 30.6 Å². The molecule has 4 atom stereocenters. The van der Waals surface area contributed by atoms with Crippen LogP contribution in [-0.4, -0.2) is 64.6 Å². The highest BCUT2D eigenvalue weighted by Gasteiger charge is 2.41. The number of hydrogen-bond acceptors (Lipinski definition) is 11. The second-order valence-corrected chi connectivity index (χ2v) is 9.82. The van der Waals surface area contributed by atoms with Crippen molar-refractivity contribution in [1.82, 2.24) is 15.3 Å². The molecule has 214 valence electrons. The second kappa shape index (κ2) is 13.3. The van der Waals surface area contributed by atoms with Crippen LogP contribution in [0.3, 0.4) is 0 Å². The van der Waals surface area contributed by atoms with Gasteiger partial charge in [0.05, 0.1) is 17.4 Å². The molecule has 2 aromatic rings. The van der Waals surface area contributed by atoms with E-state index in [0.717, 1.165) is 0 Å². The first-order chi connectivity index (χ1) is 18.9. The SMILES string of the molecule is CCC1C(=O)OCC(NC(=O)c2nccc(C)c2OC(=O)c2ccnc(Cl)c2)C(=O)OC(C)C1OC(=O)C(C)C. The molecule has 3 rings (SSSR count). The van der Waals surface area contributed by atoms with E-state index in [1.165, 1.54) is 37.5 Å². The Bertz CT molecular complexity index is 1300. The van der Waals surface area contributed by atoms with Crippen LogP contribution in [-0.2, 0) is 28.6 Å². The number of nitrogens with zero attached hydrogens (tertiary/aromatic N) is 2. The Kier molecular flexibility index (Phi) is 10.2. The summed E-state index contributed by atoms with van der Waals surface area (Å²) in [4.78, 5) is 71.9. The molecule has 4 unspecified atom stereocenters. The summed E-state index contributed by atoms with van der Waals surface area (Å²) in [6, 6.07) is 2.78. The van der Waals surface area contributed by atoms with Crippen molar-refractivity contribution in [1.29, 1.82) is 0 Å². The van der Waals surface area contributed by atoms with Crippen molar-refractivity contribution >= 4 is 41.4 Å². The van der Waals surface area contributed by atoms with Crippen molar-refractivity contribution in [2.24, 2.45) is 11.8 Å². The second-order valence-electron chi connectivity index (χ2n) is 9.43. The lowest BCUT2D eigenvalue weighted by Gasteiger charge is -2.29. The topological polar surface area (TPSA) is 160 Å². The average Bonchev–Trinajstić information content (AvgIpc) is 2.94. The Morgan fingerprint density at radius 2 is 1.85 bits per heavy atom. The molecule has 0 radical (unpaired) electrons. The lowest BCUT2D eigenvalue weighted by molar-refractivity contribution is -0.176. The quantitative estimate of drug-likeness (QED) is 0.293. The Morgan fingerprint density at radius 3 is 2.50 bits per heavy atom. The van der Waals surface area contributed by atoms with Gasteiger partial charge in [-0.1, -0.05) is 32.4 Å². The van der Waals surface area contributed by atoms with E-state index in [1.807, 2.05) is 0 Å². The van der Waals surface area contributed by atoms with Crippen LogP contribution in [0.2, 0.25) is 5.15 Å². The number of carbonyl (C=O) groups is 5. The number of rotatable bonds is 7. The maximum atomic E-state index is 13.2. The summed E-state index contributed by atoms with van der Waals surface area (Å²) in [6.07, 6.45) is 0.792. The number of pyridine rings is 2. The molecule has 2 aromatic heterocycles. The number of esters is 4. The van der Waals surface area contributed by atoms with Gasteiger partial charge in [-0.15, -0.1) is 0 Å².